The predicted molar refractivity (Wildman–Crippen MR) is 52.7 cm³/mol. The number of rotatable bonds is 3. The highest BCUT2D eigenvalue weighted by molar-refractivity contribution is 5.82. The molecule has 2 fully saturated rings. The molecule has 0 aromatic rings. The molecule has 3 atom stereocenters. The Morgan fingerprint density at radius 3 is 2.79 bits per heavy atom. The van der Waals surface area contributed by atoms with Gasteiger partial charge < -0.3 is 15.7 Å². The standard InChI is InChI=1S/C10H18N2O2/c1-6(7-2-3-7)12-10(14)9-4-8(13)5-11-9/h6-9,11,13H,2-5H2,1H3,(H,12,14). The zero-order chi connectivity index (χ0) is 10.1. The number of amides is 1. The van der Waals surface area contributed by atoms with Crippen LogP contribution in [0.3, 0.4) is 0 Å². The summed E-state index contributed by atoms with van der Waals surface area (Å²) in [5, 5.41) is 15.3. The summed E-state index contributed by atoms with van der Waals surface area (Å²) < 4.78 is 0. The fourth-order valence-corrected chi connectivity index (χ4v) is 1.96. The lowest BCUT2D eigenvalue weighted by molar-refractivity contribution is -0.123. The molecule has 0 spiro atoms. The second kappa shape index (κ2) is 3.87. The van der Waals surface area contributed by atoms with Gasteiger partial charge in [0.05, 0.1) is 12.1 Å². The quantitative estimate of drug-likeness (QED) is 0.579. The van der Waals surface area contributed by atoms with Gasteiger partial charge in [0, 0.05) is 12.6 Å². The van der Waals surface area contributed by atoms with Gasteiger partial charge in [-0.15, -0.1) is 0 Å². The van der Waals surface area contributed by atoms with E-state index in [2.05, 4.69) is 17.6 Å². The summed E-state index contributed by atoms with van der Waals surface area (Å²) in [7, 11) is 0. The maximum atomic E-state index is 11.6. The molecule has 1 aliphatic heterocycles. The number of β-amino-alcohol motifs (C(OH)–C–C–N with tert-alkyl or cyclic N) is 1. The van der Waals surface area contributed by atoms with Crippen LogP contribution in [0, 0.1) is 5.92 Å². The van der Waals surface area contributed by atoms with Gasteiger partial charge in [0.1, 0.15) is 0 Å². The number of hydrogen-bond acceptors (Lipinski definition) is 3. The molecular formula is C10H18N2O2. The second-order valence-corrected chi connectivity index (χ2v) is 4.49. The van der Waals surface area contributed by atoms with Gasteiger partial charge in [-0.25, -0.2) is 0 Å². The Balaban J connectivity index is 1.77. The van der Waals surface area contributed by atoms with Crippen molar-refractivity contribution in [2.75, 3.05) is 6.54 Å². The van der Waals surface area contributed by atoms with Gasteiger partial charge in [-0.2, -0.15) is 0 Å². The molecule has 1 amide bonds. The van der Waals surface area contributed by atoms with E-state index in [4.69, 9.17) is 0 Å². The van der Waals surface area contributed by atoms with Crippen molar-refractivity contribution in [1.29, 1.82) is 0 Å². The molecule has 1 saturated carbocycles. The second-order valence-electron chi connectivity index (χ2n) is 4.49. The number of nitrogens with one attached hydrogen (secondary N) is 2. The monoisotopic (exact) mass is 198 g/mol. The summed E-state index contributed by atoms with van der Waals surface area (Å²) in [4.78, 5) is 11.6. The highest BCUT2D eigenvalue weighted by atomic mass is 16.3. The summed E-state index contributed by atoms with van der Waals surface area (Å²) >= 11 is 0. The Kier molecular flexibility index (Phi) is 2.74. The van der Waals surface area contributed by atoms with Crippen LogP contribution >= 0.6 is 0 Å². The highest BCUT2D eigenvalue weighted by Crippen LogP contribution is 2.32. The van der Waals surface area contributed by atoms with Crippen LogP contribution < -0.4 is 10.6 Å². The predicted octanol–water partition coefficient (Wildman–Crippen LogP) is -0.376. The molecular weight excluding hydrogens is 180 g/mol. The third-order valence-electron chi connectivity index (χ3n) is 3.12. The van der Waals surface area contributed by atoms with E-state index in [0.29, 0.717) is 24.9 Å². The number of carbonyl (C=O) groups excluding carboxylic acids is 1. The van der Waals surface area contributed by atoms with Gasteiger partial charge >= 0.3 is 0 Å². The van der Waals surface area contributed by atoms with Gasteiger partial charge in [0.15, 0.2) is 0 Å². The van der Waals surface area contributed by atoms with E-state index in [1.165, 1.54) is 12.8 Å². The van der Waals surface area contributed by atoms with E-state index in [9.17, 15) is 9.90 Å². The third-order valence-corrected chi connectivity index (χ3v) is 3.12. The zero-order valence-corrected chi connectivity index (χ0v) is 8.49. The molecule has 1 saturated heterocycles. The number of aliphatic hydroxyl groups is 1. The minimum Gasteiger partial charge on any atom is -0.392 e. The maximum absolute atomic E-state index is 11.6. The van der Waals surface area contributed by atoms with Gasteiger partial charge in [-0.05, 0) is 32.1 Å². The van der Waals surface area contributed by atoms with E-state index < -0.39 is 0 Å². The van der Waals surface area contributed by atoms with E-state index in [1.54, 1.807) is 0 Å². The molecule has 3 N–H and O–H groups in total. The Bertz CT molecular complexity index is 228. The van der Waals surface area contributed by atoms with E-state index in [-0.39, 0.29) is 18.1 Å². The van der Waals surface area contributed by atoms with Crippen molar-refractivity contribution < 1.29 is 9.90 Å². The zero-order valence-electron chi connectivity index (χ0n) is 8.49. The Morgan fingerprint density at radius 2 is 2.29 bits per heavy atom. The molecule has 0 radical (unpaired) electrons. The smallest absolute Gasteiger partial charge is 0.237 e. The molecule has 1 aliphatic carbocycles. The lowest BCUT2D eigenvalue weighted by atomic mass is 10.1. The van der Waals surface area contributed by atoms with Crippen molar-refractivity contribution in [2.45, 2.75) is 44.4 Å². The normalized spacial score (nSPS) is 34.1. The fourth-order valence-electron chi connectivity index (χ4n) is 1.96. The van der Waals surface area contributed by atoms with Crippen LogP contribution in [0.25, 0.3) is 0 Å². The highest BCUT2D eigenvalue weighted by Gasteiger charge is 2.33. The van der Waals surface area contributed by atoms with E-state index in [1.807, 2.05) is 0 Å². The van der Waals surface area contributed by atoms with Gasteiger partial charge in [0.2, 0.25) is 5.91 Å². The van der Waals surface area contributed by atoms with Gasteiger partial charge in [0.25, 0.3) is 0 Å². The van der Waals surface area contributed by atoms with Crippen molar-refractivity contribution in [3.05, 3.63) is 0 Å². The maximum Gasteiger partial charge on any atom is 0.237 e. The van der Waals surface area contributed by atoms with Crippen LogP contribution in [0.5, 0.6) is 0 Å². The lowest BCUT2D eigenvalue weighted by Crippen LogP contribution is -2.44. The molecule has 1 heterocycles. The minimum absolute atomic E-state index is 0.0425. The Labute approximate surface area is 84.1 Å². The van der Waals surface area contributed by atoms with Crippen LogP contribution in [-0.4, -0.2) is 35.7 Å². The summed E-state index contributed by atoms with van der Waals surface area (Å²) in [6, 6.07) is 0.105. The topological polar surface area (TPSA) is 61.4 Å². The van der Waals surface area contributed by atoms with Crippen LogP contribution in [0.1, 0.15) is 26.2 Å². The van der Waals surface area contributed by atoms with Crippen LogP contribution in [0.2, 0.25) is 0 Å². The van der Waals surface area contributed by atoms with E-state index in [0.717, 1.165) is 0 Å². The molecule has 0 aromatic heterocycles. The first-order chi connectivity index (χ1) is 6.66. The van der Waals surface area contributed by atoms with Crippen molar-refractivity contribution in [1.82, 2.24) is 10.6 Å². The van der Waals surface area contributed by atoms with Crippen LogP contribution in [0.4, 0.5) is 0 Å². The first kappa shape index (κ1) is 9.93. The summed E-state index contributed by atoms with van der Waals surface area (Å²) in [6.07, 6.45) is 2.66. The van der Waals surface area contributed by atoms with Crippen molar-refractivity contribution in [2.24, 2.45) is 5.92 Å². The Hall–Kier alpha value is -0.610. The largest absolute Gasteiger partial charge is 0.392 e. The van der Waals surface area contributed by atoms with Crippen LogP contribution in [0.15, 0.2) is 0 Å². The summed E-state index contributed by atoms with van der Waals surface area (Å²) in [5.74, 6) is 0.728. The average molecular weight is 198 g/mol. The SMILES string of the molecule is CC(NC(=O)C1CC(O)CN1)C1CC1. The molecule has 2 rings (SSSR count). The van der Waals surface area contributed by atoms with Gasteiger partial charge in [-0.1, -0.05) is 0 Å². The third kappa shape index (κ3) is 2.25. The van der Waals surface area contributed by atoms with Gasteiger partial charge in [-0.3, -0.25) is 4.79 Å². The number of carbonyl (C=O) groups is 1. The fraction of sp³-hybridized carbons (Fsp3) is 0.900. The lowest BCUT2D eigenvalue weighted by Gasteiger charge is -2.16. The molecule has 2 aliphatic rings. The Morgan fingerprint density at radius 1 is 1.57 bits per heavy atom. The van der Waals surface area contributed by atoms with Crippen LogP contribution in [-0.2, 0) is 4.79 Å². The van der Waals surface area contributed by atoms with Crippen molar-refractivity contribution in [3.63, 3.8) is 0 Å². The molecule has 0 aromatic carbocycles. The first-order valence-electron chi connectivity index (χ1n) is 5.38. The first-order valence-corrected chi connectivity index (χ1v) is 5.38. The molecule has 80 valence electrons. The summed E-state index contributed by atoms with van der Waals surface area (Å²) in [5.41, 5.74) is 0. The molecule has 4 nitrogen and oxygen atoms in total. The molecule has 0 bridgehead atoms. The number of aliphatic hydroxyl groups excluding tert-OH is 1. The molecule has 14 heavy (non-hydrogen) atoms. The minimum atomic E-state index is -0.359. The molecule has 3 unspecified atom stereocenters. The summed E-state index contributed by atoms with van der Waals surface area (Å²) in [6.45, 7) is 2.59. The van der Waals surface area contributed by atoms with Crippen molar-refractivity contribution >= 4 is 5.91 Å². The van der Waals surface area contributed by atoms with E-state index >= 15 is 0 Å². The molecule has 4 heteroatoms. The van der Waals surface area contributed by atoms with Crippen molar-refractivity contribution in [3.8, 4) is 0 Å². The average Bonchev–Trinajstić information content (AvgIpc) is 2.89. The number of hydrogen-bond donors (Lipinski definition) is 3.